The van der Waals surface area contributed by atoms with Gasteiger partial charge in [-0.05, 0) is 50.6 Å². The van der Waals surface area contributed by atoms with Gasteiger partial charge in [-0.1, -0.05) is 6.07 Å². The minimum Gasteiger partial charge on any atom is -0.453 e. The van der Waals surface area contributed by atoms with Crippen molar-refractivity contribution in [3.8, 4) is 11.5 Å². The number of guanidine groups is 1. The van der Waals surface area contributed by atoms with Crippen molar-refractivity contribution < 1.29 is 9.13 Å². The molecular formula is C18H23FN4O. The van der Waals surface area contributed by atoms with Crippen molar-refractivity contribution in [2.45, 2.75) is 33.4 Å². The first-order chi connectivity index (χ1) is 11.6. The zero-order valence-corrected chi connectivity index (χ0v) is 14.2. The highest BCUT2D eigenvalue weighted by molar-refractivity contribution is 5.79. The Morgan fingerprint density at radius 3 is 2.79 bits per heavy atom. The number of pyridine rings is 1. The summed E-state index contributed by atoms with van der Waals surface area (Å²) in [6.07, 6.45) is 3.18. The van der Waals surface area contributed by atoms with Gasteiger partial charge in [0.2, 0.25) is 0 Å². The molecule has 0 amide bonds. The smallest absolute Gasteiger partial charge is 0.191 e. The fraction of sp³-hybridized carbons (Fsp3) is 0.333. The van der Waals surface area contributed by atoms with Gasteiger partial charge in [-0.15, -0.1) is 0 Å². The largest absolute Gasteiger partial charge is 0.453 e. The molecular weight excluding hydrogens is 307 g/mol. The minimum atomic E-state index is -0.423. The first-order valence-electron chi connectivity index (χ1n) is 7.99. The third-order valence-corrected chi connectivity index (χ3v) is 3.05. The van der Waals surface area contributed by atoms with Gasteiger partial charge in [0, 0.05) is 18.8 Å². The minimum absolute atomic E-state index is 0.169. The van der Waals surface area contributed by atoms with E-state index in [2.05, 4.69) is 20.6 Å². The molecule has 6 heteroatoms. The summed E-state index contributed by atoms with van der Waals surface area (Å²) in [4.78, 5) is 8.39. The van der Waals surface area contributed by atoms with Crippen LogP contribution in [0.25, 0.3) is 0 Å². The zero-order chi connectivity index (χ0) is 17.4. The van der Waals surface area contributed by atoms with Crippen LogP contribution in [0.15, 0.2) is 47.7 Å². The Bertz CT molecular complexity index is 674. The first-order valence-corrected chi connectivity index (χ1v) is 7.99. The summed E-state index contributed by atoms with van der Waals surface area (Å²) in [5.41, 5.74) is 0.770. The zero-order valence-electron chi connectivity index (χ0n) is 14.2. The van der Waals surface area contributed by atoms with E-state index in [1.54, 1.807) is 30.5 Å². The molecule has 2 rings (SSSR count). The van der Waals surface area contributed by atoms with Crippen LogP contribution in [0.1, 0.15) is 26.3 Å². The number of hydrogen-bond donors (Lipinski definition) is 2. The van der Waals surface area contributed by atoms with Crippen LogP contribution < -0.4 is 15.4 Å². The molecule has 0 fully saturated rings. The number of ether oxygens (including phenoxy) is 1. The summed E-state index contributed by atoms with van der Waals surface area (Å²) in [7, 11) is 0. The molecule has 1 aromatic carbocycles. The van der Waals surface area contributed by atoms with Gasteiger partial charge in [-0.25, -0.2) is 9.38 Å². The Morgan fingerprint density at radius 1 is 1.33 bits per heavy atom. The number of aromatic nitrogens is 1. The maximum absolute atomic E-state index is 14.2. The average Bonchev–Trinajstić information content (AvgIpc) is 2.56. The summed E-state index contributed by atoms with van der Waals surface area (Å²) in [6, 6.07) is 8.59. The van der Waals surface area contributed by atoms with Crippen molar-refractivity contribution in [2.75, 3.05) is 6.54 Å². The van der Waals surface area contributed by atoms with Gasteiger partial charge in [-0.3, -0.25) is 4.98 Å². The molecule has 0 saturated carbocycles. The summed E-state index contributed by atoms with van der Waals surface area (Å²) in [5, 5.41) is 6.38. The highest BCUT2D eigenvalue weighted by Gasteiger charge is 2.07. The van der Waals surface area contributed by atoms with E-state index in [0.717, 1.165) is 12.1 Å². The molecule has 2 N–H and O–H groups in total. The molecule has 0 unspecified atom stereocenters. The van der Waals surface area contributed by atoms with Gasteiger partial charge in [-0.2, -0.15) is 0 Å². The summed E-state index contributed by atoms with van der Waals surface area (Å²) in [5.74, 6) is 0.956. The maximum Gasteiger partial charge on any atom is 0.191 e. The molecule has 0 aliphatic heterocycles. The highest BCUT2D eigenvalue weighted by atomic mass is 19.1. The molecule has 1 aromatic heterocycles. The van der Waals surface area contributed by atoms with E-state index in [1.165, 1.54) is 12.3 Å². The fourth-order valence-corrected chi connectivity index (χ4v) is 2.02. The van der Waals surface area contributed by atoms with Crippen molar-refractivity contribution in [3.05, 3.63) is 54.1 Å². The van der Waals surface area contributed by atoms with Gasteiger partial charge >= 0.3 is 0 Å². The number of halogens is 1. The summed E-state index contributed by atoms with van der Waals surface area (Å²) >= 11 is 0. The van der Waals surface area contributed by atoms with Crippen LogP contribution in [0.3, 0.4) is 0 Å². The molecule has 0 bridgehead atoms. The number of rotatable bonds is 6. The van der Waals surface area contributed by atoms with E-state index in [4.69, 9.17) is 4.74 Å². The van der Waals surface area contributed by atoms with Crippen molar-refractivity contribution in [1.82, 2.24) is 15.6 Å². The normalized spacial score (nSPS) is 11.5. The predicted molar refractivity (Wildman–Crippen MR) is 93.8 cm³/mol. The molecule has 2 aromatic rings. The standard InChI is InChI=1S/C18H23FN4O/c1-4-21-18(23-13(2)3)22-11-14-7-8-17(16(19)10-14)24-15-6-5-9-20-12-15/h5-10,12-13H,4,11H2,1-3H3,(H2,21,22,23). The molecule has 0 spiro atoms. The number of hydrogen-bond acceptors (Lipinski definition) is 3. The van der Waals surface area contributed by atoms with Crippen molar-refractivity contribution in [3.63, 3.8) is 0 Å². The van der Waals surface area contributed by atoms with Crippen molar-refractivity contribution in [2.24, 2.45) is 4.99 Å². The van der Waals surface area contributed by atoms with E-state index in [1.807, 2.05) is 20.8 Å². The molecule has 5 nitrogen and oxygen atoms in total. The lowest BCUT2D eigenvalue weighted by molar-refractivity contribution is 0.440. The SMILES string of the molecule is CCNC(=NCc1ccc(Oc2cccnc2)c(F)c1)NC(C)C. The molecule has 0 radical (unpaired) electrons. The summed E-state index contributed by atoms with van der Waals surface area (Å²) < 4.78 is 19.7. The number of aliphatic imine (C=N–C) groups is 1. The second kappa shape index (κ2) is 8.86. The van der Waals surface area contributed by atoms with Crippen LogP contribution in [0, 0.1) is 5.82 Å². The van der Waals surface area contributed by atoms with Gasteiger partial charge in [0.25, 0.3) is 0 Å². The van der Waals surface area contributed by atoms with E-state index < -0.39 is 5.82 Å². The lowest BCUT2D eigenvalue weighted by Crippen LogP contribution is -2.40. The molecule has 0 saturated heterocycles. The summed E-state index contributed by atoms with van der Waals surface area (Å²) in [6.45, 7) is 7.23. The van der Waals surface area contributed by atoms with Gasteiger partial charge < -0.3 is 15.4 Å². The van der Waals surface area contributed by atoms with Crippen molar-refractivity contribution in [1.29, 1.82) is 0 Å². The Labute approximate surface area is 142 Å². The van der Waals surface area contributed by atoms with Crippen LogP contribution in [-0.4, -0.2) is 23.5 Å². The van der Waals surface area contributed by atoms with E-state index in [9.17, 15) is 4.39 Å². The van der Waals surface area contributed by atoms with Gasteiger partial charge in [0.15, 0.2) is 17.5 Å². The van der Waals surface area contributed by atoms with Crippen LogP contribution >= 0.6 is 0 Å². The average molecular weight is 330 g/mol. The first kappa shape index (κ1) is 17.7. The second-order valence-electron chi connectivity index (χ2n) is 5.55. The van der Waals surface area contributed by atoms with E-state index >= 15 is 0 Å². The third-order valence-electron chi connectivity index (χ3n) is 3.05. The van der Waals surface area contributed by atoms with Crippen LogP contribution in [0.5, 0.6) is 11.5 Å². The lowest BCUT2D eigenvalue weighted by Gasteiger charge is -2.14. The Morgan fingerprint density at radius 2 is 2.17 bits per heavy atom. The topological polar surface area (TPSA) is 58.5 Å². The Balaban J connectivity index is 2.05. The molecule has 1 heterocycles. The Hall–Kier alpha value is -2.63. The van der Waals surface area contributed by atoms with Gasteiger partial charge in [0.1, 0.15) is 5.75 Å². The van der Waals surface area contributed by atoms with E-state index in [0.29, 0.717) is 18.3 Å². The van der Waals surface area contributed by atoms with Crippen molar-refractivity contribution >= 4 is 5.96 Å². The third kappa shape index (κ3) is 5.53. The molecule has 0 aliphatic rings. The highest BCUT2D eigenvalue weighted by Crippen LogP contribution is 2.24. The lowest BCUT2D eigenvalue weighted by atomic mass is 10.2. The number of nitrogens with one attached hydrogen (secondary N) is 2. The number of benzene rings is 1. The maximum atomic E-state index is 14.2. The molecule has 0 aliphatic carbocycles. The quantitative estimate of drug-likeness (QED) is 0.629. The van der Waals surface area contributed by atoms with Gasteiger partial charge in [0.05, 0.1) is 12.7 Å². The molecule has 0 atom stereocenters. The van der Waals surface area contributed by atoms with E-state index in [-0.39, 0.29) is 11.8 Å². The number of nitrogens with zero attached hydrogens (tertiary/aromatic N) is 2. The monoisotopic (exact) mass is 330 g/mol. The molecule has 128 valence electrons. The second-order valence-corrected chi connectivity index (χ2v) is 5.55. The van der Waals surface area contributed by atoms with Crippen LogP contribution in [-0.2, 0) is 6.54 Å². The molecule has 24 heavy (non-hydrogen) atoms. The van der Waals surface area contributed by atoms with Crippen LogP contribution in [0.2, 0.25) is 0 Å². The van der Waals surface area contributed by atoms with Crippen LogP contribution in [0.4, 0.5) is 4.39 Å². The predicted octanol–water partition coefficient (Wildman–Crippen LogP) is 3.48. The fourth-order valence-electron chi connectivity index (χ4n) is 2.02. The Kier molecular flexibility index (Phi) is 6.54.